The minimum Gasteiger partial charge on any atom is -0.392 e. The van der Waals surface area contributed by atoms with Crippen LogP contribution in [0.15, 0.2) is 54.7 Å². The summed E-state index contributed by atoms with van der Waals surface area (Å²) in [5.41, 5.74) is 2.92. The predicted octanol–water partition coefficient (Wildman–Crippen LogP) is 2.73. The number of aliphatic hydroxyl groups excluding tert-OH is 1. The molecule has 20 heavy (non-hydrogen) atoms. The molecule has 0 aliphatic carbocycles. The fourth-order valence-electron chi connectivity index (χ4n) is 2.08. The molecular formula is C16H15N3O. The highest BCUT2D eigenvalue weighted by Crippen LogP contribution is 2.13. The number of benzene rings is 2. The molecule has 0 saturated carbocycles. The average Bonchev–Trinajstić information content (AvgIpc) is 2.53. The van der Waals surface area contributed by atoms with Gasteiger partial charge < -0.3 is 10.4 Å². The lowest BCUT2D eigenvalue weighted by atomic mass is 10.1. The lowest BCUT2D eigenvalue weighted by Crippen LogP contribution is -2.03. The minimum atomic E-state index is 0.0559. The van der Waals surface area contributed by atoms with Crippen molar-refractivity contribution in [3.8, 4) is 0 Å². The summed E-state index contributed by atoms with van der Waals surface area (Å²) < 4.78 is 0. The summed E-state index contributed by atoms with van der Waals surface area (Å²) in [5, 5.41) is 13.3. The van der Waals surface area contributed by atoms with E-state index in [1.54, 1.807) is 0 Å². The Balaban J connectivity index is 1.76. The molecule has 0 saturated heterocycles. The quantitative estimate of drug-likeness (QED) is 0.761. The highest BCUT2D eigenvalue weighted by atomic mass is 16.3. The van der Waals surface area contributed by atoms with Crippen LogP contribution in [0.25, 0.3) is 10.9 Å². The number of anilines is 1. The lowest BCUT2D eigenvalue weighted by Gasteiger charge is -2.07. The molecule has 1 heterocycles. The van der Waals surface area contributed by atoms with E-state index in [-0.39, 0.29) is 6.61 Å². The van der Waals surface area contributed by atoms with Crippen molar-refractivity contribution in [2.75, 3.05) is 5.32 Å². The molecule has 3 aromatic rings. The van der Waals surface area contributed by atoms with Crippen molar-refractivity contribution in [1.82, 2.24) is 9.97 Å². The van der Waals surface area contributed by atoms with E-state index in [0.717, 1.165) is 22.0 Å². The van der Waals surface area contributed by atoms with E-state index >= 15 is 0 Å². The number of hydrogen-bond acceptors (Lipinski definition) is 4. The van der Waals surface area contributed by atoms with Crippen LogP contribution in [0.5, 0.6) is 0 Å². The van der Waals surface area contributed by atoms with Gasteiger partial charge in [-0.05, 0) is 17.2 Å². The second-order valence-corrected chi connectivity index (χ2v) is 4.58. The molecule has 2 N–H and O–H groups in total. The van der Waals surface area contributed by atoms with Gasteiger partial charge in [0.25, 0.3) is 0 Å². The second-order valence-electron chi connectivity index (χ2n) is 4.58. The number of aromatic nitrogens is 2. The van der Waals surface area contributed by atoms with Gasteiger partial charge in [0.2, 0.25) is 5.95 Å². The zero-order chi connectivity index (χ0) is 13.8. The van der Waals surface area contributed by atoms with Gasteiger partial charge in [-0.1, -0.05) is 42.5 Å². The van der Waals surface area contributed by atoms with Crippen LogP contribution in [-0.4, -0.2) is 15.1 Å². The molecular weight excluding hydrogens is 250 g/mol. The maximum atomic E-state index is 9.12. The number of nitrogens with zero attached hydrogens (tertiary/aromatic N) is 2. The largest absolute Gasteiger partial charge is 0.392 e. The van der Waals surface area contributed by atoms with E-state index < -0.39 is 0 Å². The first-order valence-corrected chi connectivity index (χ1v) is 6.49. The van der Waals surface area contributed by atoms with Crippen molar-refractivity contribution in [1.29, 1.82) is 0 Å². The first-order chi connectivity index (χ1) is 9.85. The van der Waals surface area contributed by atoms with Gasteiger partial charge in [-0.2, -0.15) is 0 Å². The average molecular weight is 265 g/mol. The molecule has 4 heteroatoms. The summed E-state index contributed by atoms with van der Waals surface area (Å²) in [5.74, 6) is 0.609. The highest BCUT2D eigenvalue weighted by Gasteiger charge is 2.00. The van der Waals surface area contributed by atoms with Gasteiger partial charge in [-0.3, -0.25) is 0 Å². The summed E-state index contributed by atoms with van der Waals surface area (Å²) >= 11 is 0. The molecule has 0 bridgehead atoms. The van der Waals surface area contributed by atoms with Crippen molar-refractivity contribution in [2.45, 2.75) is 13.2 Å². The van der Waals surface area contributed by atoms with E-state index in [9.17, 15) is 0 Å². The summed E-state index contributed by atoms with van der Waals surface area (Å²) in [4.78, 5) is 8.75. The van der Waals surface area contributed by atoms with Gasteiger partial charge in [0, 0.05) is 18.1 Å². The number of rotatable bonds is 4. The standard InChI is InChI=1S/C16H15N3O/c20-11-13-5-3-4-12(8-13)9-17-16-18-10-14-6-1-2-7-15(14)19-16/h1-8,10,20H,9,11H2,(H,17,18,19). The van der Waals surface area contributed by atoms with Gasteiger partial charge in [0.15, 0.2) is 0 Å². The van der Waals surface area contributed by atoms with E-state index in [0.29, 0.717) is 12.5 Å². The fraction of sp³-hybridized carbons (Fsp3) is 0.125. The van der Waals surface area contributed by atoms with Crippen molar-refractivity contribution in [2.24, 2.45) is 0 Å². The summed E-state index contributed by atoms with van der Waals surface area (Å²) in [6.45, 7) is 0.687. The van der Waals surface area contributed by atoms with Gasteiger partial charge in [-0.25, -0.2) is 9.97 Å². The second kappa shape index (κ2) is 5.67. The topological polar surface area (TPSA) is 58.0 Å². The SMILES string of the molecule is OCc1cccc(CNc2ncc3ccccc3n2)c1. The van der Waals surface area contributed by atoms with Crippen LogP contribution >= 0.6 is 0 Å². The maximum Gasteiger partial charge on any atom is 0.223 e. The molecule has 0 unspecified atom stereocenters. The Morgan fingerprint density at radius 3 is 2.75 bits per heavy atom. The molecule has 3 rings (SSSR count). The normalized spacial score (nSPS) is 10.7. The molecule has 0 radical (unpaired) electrons. The Labute approximate surface area is 117 Å². The first-order valence-electron chi connectivity index (χ1n) is 6.49. The molecule has 0 aliphatic heterocycles. The van der Waals surface area contributed by atoms with E-state index in [4.69, 9.17) is 5.11 Å². The monoisotopic (exact) mass is 265 g/mol. The molecule has 100 valence electrons. The zero-order valence-corrected chi connectivity index (χ0v) is 11.0. The van der Waals surface area contributed by atoms with Crippen LogP contribution in [0.2, 0.25) is 0 Å². The van der Waals surface area contributed by atoms with Crippen LogP contribution < -0.4 is 5.32 Å². The Morgan fingerprint density at radius 1 is 1.00 bits per heavy atom. The minimum absolute atomic E-state index is 0.0559. The Hall–Kier alpha value is -2.46. The third-order valence-electron chi connectivity index (χ3n) is 3.11. The van der Waals surface area contributed by atoms with Crippen molar-refractivity contribution in [3.05, 3.63) is 65.9 Å². The molecule has 2 aromatic carbocycles. The highest BCUT2D eigenvalue weighted by molar-refractivity contribution is 5.78. The number of para-hydroxylation sites is 1. The molecule has 0 amide bonds. The molecule has 0 fully saturated rings. The number of fused-ring (bicyclic) bond motifs is 1. The predicted molar refractivity (Wildman–Crippen MR) is 79.2 cm³/mol. The van der Waals surface area contributed by atoms with Gasteiger partial charge in [0.05, 0.1) is 12.1 Å². The van der Waals surface area contributed by atoms with Crippen LogP contribution in [-0.2, 0) is 13.2 Å². The smallest absolute Gasteiger partial charge is 0.223 e. The van der Waals surface area contributed by atoms with Crippen LogP contribution in [0.1, 0.15) is 11.1 Å². The molecule has 0 spiro atoms. The Bertz CT molecular complexity index is 727. The zero-order valence-electron chi connectivity index (χ0n) is 11.0. The van der Waals surface area contributed by atoms with Crippen molar-refractivity contribution < 1.29 is 5.11 Å². The van der Waals surface area contributed by atoms with Gasteiger partial charge in [0.1, 0.15) is 0 Å². The maximum absolute atomic E-state index is 9.12. The number of hydrogen-bond donors (Lipinski definition) is 2. The van der Waals surface area contributed by atoms with Gasteiger partial charge in [-0.15, -0.1) is 0 Å². The first kappa shape index (κ1) is 12.6. The van der Waals surface area contributed by atoms with Crippen molar-refractivity contribution in [3.63, 3.8) is 0 Å². The number of nitrogens with one attached hydrogen (secondary N) is 1. The summed E-state index contributed by atoms with van der Waals surface area (Å²) in [7, 11) is 0. The van der Waals surface area contributed by atoms with E-state index in [1.165, 1.54) is 0 Å². The lowest BCUT2D eigenvalue weighted by molar-refractivity contribution is 0.281. The Morgan fingerprint density at radius 2 is 1.85 bits per heavy atom. The van der Waals surface area contributed by atoms with Crippen LogP contribution in [0, 0.1) is 0 Å². The molecule has 4 nitrogen and oxygen atoms in total. The molecule has 0 aliphatic rings. The third kappa shape index (κ3) is 2.75. The fourth-order valence-corrected chi connectivity index (χ4v) is 2.08. The third-order valence-corrected chi connectivity index (χ3v) is 3.11. The summed E-state index contributed by atoms with van der Waals surface area (Å²) in [6, 6.07) is 15.7. The van der Waals surface area contributed by atoms with Crippen LogP contribution in [0.4, 0.5) is 5.95 Å². The van der Waals surface area contributed by atoms with E-state index in [1.807, 2.05) is 54.7 Å². The van der Waals surface area contributed by atoms with Gasteiger partial charge >= 0.3 is 0 Å². The summed E-state index contributed by atoms with van der Waals surface area (Å²) in [6.07, 6.45) is 1.81. The van der Waals surface area contributed by atoms with E-state index in [2.05, 4.69) is 15.3 Å². The van der Waals surface area contributed by atoms with Crippen LogP contribution in [0.3, 0.4) is 0 Å². The molecule has 0 atom stereocenters. The number of aliphatic hydroxyl groups is 1. The Kier molecular flexibility index (Phi) is 3.56. The van der Waals surface area contributed by atoms with Crippen molar-refractivity contribution >= 4 is 16.9 Å². The molecule has 1 aromatic heterocycles.